The normalized spacial score (nSPS) is 20.8. The maximum atomic E-state index is 14.8. The lowest BCUT2D eigenvalue weighted by molar-refractivity contribution is -0.119. The van der Waals surface area contributed by atoms with Crippen LogP contribution < -0.4 is 15.1 Å². The summed E-state index contributed by atoms with van der Waals surface area (Å²) in [6.45, 7) is 1.36. The predicted molar refractivity (Wildman–Crippen MR) is 102 cm³/mol. The number of carbonyl (C=O) groups is 2. The number of hydroxylamine groups is 1. The summed E-state index contributed by atoms with van der Waals surface area (Å²) in [5, 5.41) is 2.52. The highest BCUT2D eigenvalue weighted by atomic mass is 32.2. The molecule has 166 valence electrons. The van der Waals surface area contributed by atoms with Crippen molar-refractivity contribution in [1.82, 2.24) is 9.79 Å². The highest BCUT2D eigenvalue weighted by Gasteiger charge is 2.34. The van der Waals surface area contributed by atoms with Crippen molar-refractivity contribution in [2.24, 2.45) is 0 Å². The number of hydrogen-bond acceptors (Lipinski definition) is 7. The van der Waals surface area contributed by atoms with Gasteiger partial charge in [0, 0.05) is 32.1 Å². The Labute approximate surface area is 172 Å². The molecule has 0 bridgehead atoms. The lowest BCUT2D eigenvalue weighted by Gasteiger charge is -2.24. The number of carbonyl (C=O) groups excluding carboxylic acids is 2. The van der Waals surface area contributed by atoms with Gasteiger partial charge in [-0.25, -0.2) is 22.0 Å². The lowest BCUT2D eigenvalue weighted by Crippen LogP contribution is -2.34. The average molecular weight is 448 g/mol. The van der Waals surface area contributed by atoms with Crippen LogP contribution in [0.15, 0.2) is 12.1 Å². The maximum Gasteiger partial charge on any atom is 0.414 e. The molecule has 2 fully saturated rings. The zero-order valence-corrected chi connectivity index (χ0v) is 17.2. The molecule has 1 N–H and O–H groups in total. The molecule has 0 radical (unpaired) electrons. The first-order valence-corrected chi connectivity index (χ1v) is 11.0. The molecule has 1 aromatic rings. The van der Waals surface area contributed by atoms with E-state index in [1.54, 1.807) is 0 Å². The van der Waals surface area contributed by atoms with Crippen LogP contribution in [0.5, 0.6) is 0 Å². The average Bonchev–Trinajstić information content (AvgIpc) is 2.84. The van der Waals surface area contributed by atoms with E-state index >= 15 is 0 Å². The number of sulfonamides is 1. The number of benzene rings is 1. The summed E-state index contributed by atoms with van der Waals surface area (Å²) >= 11 is 0. The van der Waals surface area contributed by atoms with E-state index in [9.17, 15) is 26.8 Å². The van der Waals surface area contributed by atoms with Crippen LogP contribution in [0.4, 0.5) is 25.0 Å². The molecule has 10 nitrogen and oxygen atoms in total. The largest absolute Gasteiger partial charge is 0.442 e. The van der Waals surface area contributed by atoms with Gasteiger partial charge in [0.05, 0.1) is 38.2 Å². The number of nitrogens with one attached hydrogen (secondary N) is 1. The minimum Gasteiger partial charge on any atom is -0.442 e. The van der Waals surface area contributed by atoms with Crippen molar-refractivity contribution in [3.8, 4) is 0 Å². The minimum absolute atomic E-state index is 0.0187. The van der Waals surface area contributed by atoms with Gasteiger partial charge in [0.2, 0.25) is 15.9 Å². The van der Waals surface area contributed by atoms with Gasteiger partial charge in [0.25, 0.3) is 0 Å². The van der Waals surface area contributed by atoms with Crippen LogP contribution in [0.25, 0.3) is 0 Å². The second-order valence-electron chi connectivity index (χ2n) is 6.92. The molecule has 2 heterocycles. The maximum absolute atomic E-state index is 14.8. The number of halogens is 2. The van der Waals surface area contributed by atoms with E-state index < -0.39 is 33.9 Å². The zero-order valence-electron chi connectivity index (χ0n) is 16.4. The Bertz CT molecular complexity index is 921. The Morgan fingerprint density at radius 1 is 1.23 bits per heavy atom. The first-order valence-electron chi connectivity index (χ1n) is 9.13. The van der Waals surface area contributed by atoms with Gasteiger partial charge < -0.3 is 15.0 Å². The number of hydrogen-bond donors (Lipinski definition) is 1. The Balaban J connectivity index is 1.76. The van der Waals surface area contributed by atoms with Crippen molar-refractivity contribution >= 4 is 33.4 Å². The molecule has 0 spiro atoms. The molecule has 0 aliphatic carbocycles. The van der Waals surface area contributed by atoms with Crippen LogP contribution in [0.3, 0.4) is 0 Å². The summed E-state index contributed by atoms with van der Waals surface area (Å²) in [5.41, 5.74) is -0.354. The van der Waals surface area contributed by atoms with Crippen molar-refractivity contribution in [3.63, 3.8) is 0 Å². The molecule has 13 heteroatoms. The van der Waals surface area contributed by atoms with Gasteiger partial charge in [-0.3, -0.25) is 14.5 Å². The van der Waals surface area contributed by atoms with E-state index in [0.29, 0.717) is 0 Å². The topological polar surface area (TPSA) is 108 Å². The van der Waals surface area contributed by atoms with Crippen LogP contribution in [0.1, 0.15) is 6.92 Å². The predicted octanol–water partition coefficient (Wildman–Crippen LogP) is 0.439. The Morgan fingerprint density at radius 3 is 2.50 bits per heavy atom. The van der Waals surface area contributed by atoms with Crippen LogP contribution in [0.2, 0.25) is 0 Å². The van der Waals surface area contributed by atoms with Gasteiger partial charge in [0.1, 0.15) is 11.8 Å². The highest BCUT2D eigenvalue weighted by Crippen LogP contribution is 2.31. The third kappa shape index (κ3) is 4.96. The van der Waals surface area contributed by atoms with Gasteiger partial charge in [-0.15, -0.1) is 0 Å². The van der Waals surface area contributed by atoms with Crippen LogP contribution >= 0.6 is 0 Å². The number of anilines is 2. The summed E-state index contributed by atoms with van der Waals surface area (Å²) in [4.78, 5) is 30.6. The quantitative estimate of drug-likeness (QED) is 0.696. The molecule has 2 aliphatic rings. The van der Waals surface area contributed by atoms with Crippen molar-refractivity contribution in [3.05, 3.63) is 23.8 Å². The van der Waals surface area contributed by atoms with Crippen molar-refractivity contribution in [1.29, 1.82) is 0 Å². The van der Waals surface area contributed by atoms with Crippen LogP contribution in [-0.4, -0.2) is 76.6 Å². The zero-order chi connectivity index (χ0) is 22.1. The smallest absolute Gasteiger partial charge is 0.414 e. The molecule has 0 saturated carbocycles. The number of ether oxygens (including phenoxy) is 1. The number of rotatable bonds is 5. The fourth-order valence-electron chi connectivity index (χ4n) is 3.22. The van der Waals surface area contributed by atoms with Crippen LogP contribution in [-0.2, 0) is 24.4 Å². The molecule has 2 amide bonds. The SMILES string of the molecule is CC(=O)NC[C@H]1CN(c2cc(F)c(N3CCON(S(C)(=O)=O)CC3)c(F)c2)C(=O)O1. The molecular formula is C17H22F2N4O6S. The molecule has 1 aromatic carbocycles. The molecule has 30 heavy (non-hydrogen) atoms. The van der Waals surface area contributed by atoms with Gasteiger partial charge in [-0.2, -0.15) is 0 Å². The monoisotopic (exact) mass is 448 g/mol. The van der Waals surface area contributed by atoms with E-state index in [0.717, 1.165) is 27.8 Å². The number of nitrogens with zero attached hydrogens (tertiary/aromatic N) is 3. The third-order valence-corrected chi connectivity index (χ3v) is 5.63. The second-order valence-corrected chi connectivity index (χ2v) is 8.79. The first-order chi connectivity index (χ1) is 14.1. The Morgan fingerprint density at radius 2 is 1.90 bits per heavy atom. The van der Waals surface area contributed by atoms with Gasteiger partial charge in [-0.1, -0.05) is 4.47 Å². The summed E-state index contributed by atoms with van der Waals surface area (Å²) in [6, 6.07) is 2.03. The van der Waals surface area contributed by atoms with Gasteiger partial charge >= 0.3 is 6.09 Å². The fourth-order valence-corrected chi connectivity index (χ4v) is 3.90. The molecule has 0 unspecified atom stereocenters. The summed E-state index contributed by atoms with van der Waals surface area (Å²) in [5.74, 6) is -2.10. The van der Waals surface area contributed by atoms with E-state index in [1.165, 1.54) is 11.8 Å². The summed E-state index contributed by atoms with van der Waals surface area (Å²) in [7, 11) is -3.60. The van der Waals surface area contributed by atoms with E-state index in [1.807, 2.05) is 0 Å². The lowest BCUT2D eigenvalue weighted by atomic mass is 10.2. The first kappa shape index (κ1) is 22.2. The summed E-state index contributed by atoms with van der Waals surface area (Å²) in [6.07, 6.45) is -0.437. The Kier molecular flexibility index (Phi) is 6.43. The summed E-state index contributed by atoms with van der Waals surface area (Å²) < 4.78 is 58.7. The third-order valence-electron chi connectivity index (χ3n) is 4.60. The van der Waals surface area contributed by atoms with Crippen molar-refractivity contribution < 1.29 is 36.4 Å². The van der Waals surface area contributed by atoms with E-state index in [2.05, 4.69) is 5.32 Å². The molecule has 2 aliphatic heterocycles. The molecule has 2 saturated heterocycles. The fraction of sp³-hybridized carbons (Fsp3) is 0.529. The van der Waals surface area contributed by atoms with Gasteiger partial charge in [0.15, 0.2) is 11.6 Å². The molecule has 3 rings (SSSR count). The van der Waals surface area contributed by atoms with Crippen LogP contribution in [0, 0.1) is 11.6 Å². The van der Waals surface area contributed by atoms with E-state index in [4.69, 9.17) is 9.57 Å². The molecular weight excluding hydrogens is 426 g/mol. The van der Waals surface area contributed by atoms with Gasteiger partial charge in [-0.05, 0) is 0 Å². The minimum atomic E-state index is -3.60. The van der Waals surface area contributed by atoms with Crippen molar-refractivity contribution in [2.45, 2.75) is 13.0 Å². The standard InChI is InChI=1S/C17H22F2N4O6S/c1-11(24)20-9-13-10-22(17(25)29-13)12-7-14(18)16(15(19)8-12)21-3-4-23(28-6-5-21)30(2,26)27/h7-8,13H,3-6,9-10H2,1-2H3,(H,20,24)/t13-/m0/s1. The highest BCUT2D eigenvalue weighted by molar-refractivity contribution is 7.88. The molecule has 0 aromatic heterocycles. The number of amides is 2. The second kappa shape index (κ2) is 8.70. The van der Waals surface area contributed by atoms with Crippen molar-refractivity contribution in [2.75, 3.05) is 55.4 Å². The van der Waals surface area contributed by atoms with E-state index in [-0.39, 0.29) is 56.6 Å². The number of cyclic esters (lactones) is 1. The Hall–Kier alpha value is -2.51. The molecule has 1 atom stereocenters.